The van der Waals surface area contributed by atoms with E-state index in [-0.39, 0.29) is 16.6 Å². The lowest BCUT2D eigenvalue weighted by atomic mass is 10.1. The van der Waals surface area contributed by atoms with E-state index in [1.807, 2.05) is 0 Å². The van der Waals surface area contributed by atoms with E-state index in [9.17, 15) is 9.59 Å². The molecule has 0 bridgehead atoms. The maximum Gasteiger partial charge on any atom is 0.341 e. The van der Waals surface area contributed by atoms with Crippen molar-refractivity contribution in [2.45, 2.75) is 19.3 Å². The van der Waals surface area contributed by atoms with Crippen LogP contribution < -0.4 is 5.32 Å². The van der Waals surface area contributed by atoms with E-state index in [1.165, 1.54) is 24.6 Å². The van der Waals surface area contributed by atoms with Crippen LogP contribution in [0.4, 0.5) is 5.00 Å². The molecule has 0 atom stereocenters. The van der Waals surface area contributed by atoms with E-state index in [1.54, 1.807) is 12.1 Å². The van der Waals surface area contributed by atoms with Gasteiger partial charge in [0.2, 0.25) is 0 Å². The van der Waals surface area contributed by atoms with Gasteiger partial charge in [-0.2, -0.15) is 0 Å². The number of methoxy groups -OCH3 is 1. The molecule has 1 amide bonds. The third-order valence-corrected chi connectivity index (χ3v) is 5.05. The van der Waals surface area contributed by atoms with Gasteiger partial charge in [0.25, 0.3) is 5.91 Å². The summed E-state index contributed by atoms with van der Waals surface area (Å²) in [6.07, 6.45) is 4.29. The minimum Gasteiger partial charge on any atom is -0.465 e. The second-order valence-corrected chi connectivity index (χ2v) is 6.31. The molecule has 0 aromatic carbocycles. The first-order valence-corrected chi connectivity index (χ1v) is 7.96. The van der Waals surface area contributed by atoms with Crippen molar-refractivity contribution in [3.05, 3.63) is 45.1 Å². The van der Waals surface area contributed by atoms with Crippen LogP contribution >= 0.6 is 22.9 Å². The number of thiophene rings is 1. The number of anilines is 1. The zero-order valence-electron chi connectivity index (χ0n) is 11.8. The monoisotopic (exact) mass is 336 g/mol. The molecule has 7 heteroatoms. The molecule has 2 aromatic heterocycles. The Morgan fingerprint density at radius 2 is 2.23 bits per heavy atom. The summed E-state index contributed by atoms with van der Waals surface area (Å²) in [7, 11) is 1.34. The molecule has 3 rings (SSSR count). The summed E-state index contributed by atoms with van der Waals surface area (Å²) in [5.74, 6) is -0.810. The van der Waals surface area contributed by atoms with Crippen molar-refractivity contribution in [3.8, 4) is 0 Å². The molecule has 114 valence electrons. The molecular formula is C15H13ClN2O3S. The number of nitrogens with one attached hydrogen (secondary N) is 1. The van der Waals surface area contributed by atoms with E-state index in [0.29, 0.717) is 10.6 Å². The molecule has 0 unspecified atom stereocenters. The maximum atomic E-state index is 12.3. The van der Waals surface area contributed by atoms with E-state index in [2.05, 4.69) is 10.3 Å². The van der Waals surface area contributed by atoms with Crippen LogP contribution in [0.5, 0.6) is 0 Å². The number of aryl methyl sites for hydroxylation is 1. The standard InChI is InChI=1S/C15H13ClN2O3S/c1-21-15(20)11-8-4-2-6-10(8)22-14(11)18-13(19)9-5-3-7-17-12(9)16/h3,5,7H,2,4,6H2,1H3,(H,18,19). The van der Waals surface area contributed by atoms with Crippen LogP contribution in [0, 0.1) is 0 Å². The molecule has 0 saturated heterocycles. The highest BCUT2D eigenvalue weighted by atomic mass is 35.5. The van der Waals surface area contributed by atoms with Crippen LogP contribution in [0.25, 0.3) is 0 Å². The topological polar surface area (TPSA) is 68.3 Å². The molecule has 0 radical (unpaired) electrons. The van der Waals surface area contributed by atoms with Gasteiger partial charge in [-0.3, -0.25) is 4.79 Å². The van der Waals surface area contributed by atoms with Crippen molar-refractivity contribution < 1.29 is 14.3 Å². The smallest absolute Gasteiger partial charge is 0.341 e. The fourth-order valence-corrected chi connectivity index (χ4v) is 4.01. The number of aromatic nitrogens is 1. The van der Waals surface area contributed by atoms with Crippen LogP contribution in [-0.4, -0.2) is 24.0 Å². The number of halogens is 1. The second-order valence-electron chi connectivity index (χ2n) is 4.85. The molecule has 0 fully saturated rings. The minimum absolute atomic E-state index is 0.128. The summed E-state index contributed by atoms with van der Waals surface area (Å²) in [6, 6.07) is 3.22. The fraction of sp³-hybridized carbons (Fsp3) is 0.267. The lowest BCUT2D eigenvalue weighted by Gasteiger charge is -2.07. The Morgan fingerprint density at radius 1 is 1.41 bits per heavy atom. The predicted octanol–water partition coefficient (Wildman–Crippen LogP) is 3.32. The number of carbonyl (C=O) groups is 2. The summed E-state index contributed by atoms with van der Waals surface area (Å²) in [6.45, 7) is 0. The number of pyridine rings is 1. The number of fused-ring (bicyclic) bond motifs is 1. The Balaban J connectivity index is 1.95. The van der Waals surface area contributed by atoms with Crippen molar-refractivity contribution >= 4 is 39.8 Å². The highest BCUT2D eigenvalue weighted by Crippen LogP contribution is 2.39. The van der Waals surface area contributed by atoms with Crippen LogP contribution in [-0.2, 0) is 17.6 Å². The molecule has 1 aliphatic rings. The second kappa shape index (κ2) is 6.06. The van der Waals surface area contributed by atoms with E-state index in [4.69, 9.17) is 16.3 Å². The lowest BCUT2D eigenvalue weighted by Crippen LogP contribution is -2.15. The molecule has 1 aliphatic carbocycles. The summed E-state index contributed by atoms with van der Waals surface area (Å²) in [5.41, 5.74) is 1.73. The zero-order valence-corrected chi connectivity index (χ0v) is 13.4. The van der Waals surface area contributed by atoms with Gasteiger partial charge in [0.1, 0.15) is 10.2 Å². The quantitative estimate of drug-likeness (QED) is 0.689. The zero-order chi connectivity index (χ0) is 15.7. The molecule has 2 aromatic rings. The van der Waals surface area contributed by atoms with Crippen molar-refractivity contribution in [1.82, 2.24) is 4.98 Å². The number of rotatable bonds is 3. The minimum atomic E-state index is -0.424. The first-order chi connectivity index (χ1) is 10.6. The summed E-state index contributed by atoms with van der Waals surface area (Å²) < 4.78 is 4.85. The van der Waals surface area contributed by atoms with Gasteiger partial charge in [-0.25, -0.2) is 9.78 Å². The Kier molecular flexibility index (Phi) is 4.13. The molecule has 5 nitrogen and oxygen atoms in total. The third kappa shape index (κ3) is 2.60. The first-order valence-electron chi connectivity index (χ1n) is 6.76. The Bertz CT molecular complexity index is 757. The van der Waals surface area contributed by atoms with Gasteiger partial charge in [-0.15, -0.1) is 11.3 Å². The highest BCUT2D eigenvalue weighted by molar-refractivity contribution is 7.17. The van der Waals surface area contributed by atoms with Gasteiger partial charge < -0.3 is 10.1 Å². The molecular weight excluding hydrogens is 324 g/mol. The maximum absolute atomic E-state index is 12.3. The number of hydrogen-bond donors (Lipinski definition) is 1. The van der Waals surface area contributed by atoms with Gasteiger partial charge in [-0.1, -0.05) is 11.6 Å². The first kappa shape index (κ1) is 15.0. The van der Waals surface area contributed by atoms with Crippen molar-refractivity contribution in [1.29, 1.82) is 0 Å². The predicted molar refractivity (Wildman–Crippen MR) is 84.9 cm³/mol. The number of carbonyl (C=O) groups excluding carboxylic acids is 2. The van der Waals surface area contributed by atoms with Crippen LogP contribution in [0.3, 0.4) is 0 Å². The van der Waals surface area contributed by atoms with Gasteiger partial charge >= 0.3 is 5.97 Å². The average Bonchev–Trinajstić information content (AvgIpc) is 3.07. The van der Waals surface area contributed by atoms with Crippen molar-refractivity contribution in [2.75, 3.05) is 12.4 Å². The molecule has 0 spiro atoms. The number of ether oxygens (including phenoxy) is 1. The molecule has 1 N–H and O–H groups in total. The SMILES string of the molecule is COC(=O)c1c(NC(=O)c2cccnc2Cl)sc2c1CCC2. The molecule has 2 heterocycles. The summed E-state index contributed by atoms with van der Waals surface area (Å²) in [4.78, 5) is 29.4. The van der Waals surface area contributed by atoms with Gasteiger partial charge in [-0.05, 0) is 37.0 Å². The van der Waals surface area contributed by atoms with Crippen LogP contribution in [0.1, 0.15) is 37.6 Å². The lowest BCUT2D eigenvalue weighted by molar-refractivity contribution is 0.0601. The molecule has 22 heavy (non-hydrogen) atoms. The van der Waals surface area contributed by atoms with Crippen molar-refractivity contribution in [2.24, 2.45) is 0 Å². The third-order valence-electron chi connectivity index (χ3n) is 3.54. The highest BCUT2D eigenvalue weighted by Gasteiger charge is 2.28. The van der Waals surface area contributed by atoms with E-state index >= 15 is 0 Å². The van der Waals surface area contributed by atoms with E-state index < -0.39 is 5.97 Å². The largest absolute Gasteiger partial charge is 0.465 e. The van der Waals surface area contributed by atoms with Gasteiger partial charge in [0.15, 0.2) is 0 Å². The van der Waals surface area contributed by atoms with Crippen LogP contribution in [0.2, 0.25) is 5.15 Å². The van der Waals surface area contributed by atoms with Gasteiger partial charge in [0.05, 0.1) is 18.2 Å². The average molecular weight is 337 g/mol. The normalized spacial score (nSPS) is 12.8. The summed E-state index contributed by atoms with van der Waals surface area (Å²) in [5, 5.41) is 3.41. The Morgan fingerprint density at radius 3 is 2.95 bits per heavy atom. The Labute approximate surface area is 136 Å². The Hall–Kier alpha value is -1.92. The molecule has 0 saturated carbocycles. The number of hydrogen-bond acceptors (Lipinski definition) is 5. The number of nitrogens with zero attached hydrogens (tertiary/aromatic N) is 1. The number of amides is 1. The van der Waals surface area contributed by atoms with E-state index in [0.717, 1.165) is 29.7 Å². The van der Waals surface area contributed by atoms with Gasteiger partial charge in [0, 0.05) is 11.1 Å². The fourth-order valence-electron chi connectivity index (χ4n) is 2.54. The summed E-state index contributed by atoms with van der Waals surface area (Å²) >= 11 is 7.35. The molecule has 0 aliphatic heterocycles. The number of esters is 1. The van der Waals surface area contributed by atoms with Crippen molar-refractivity contribution in [3.63, 3.8) is 0 Å². The van der Waals surface area contributed by atoms with Crippen LogP contribution in [0.15, 0.2) is 18.3 Å².